The Hall–Kier alpha value is -0.770. The first kappa shape index (κ1) is 12.7. The summed E-state index contributed by atoms with van der Waals surface area (Å²) >= 11 is 0.851. The number of nitrogens with two attached hydrogens (primary N) is 1. The van der Waals surface area contributed by atoms with Crippen molar-refractivity contribution in [3.05, 3.63) is 0 Å². The standard InChI is InChI=1S/C8H14N4O3S2/c9-7-11-12-8(16-7)17(13,14)10-4-3-6-2-1-5-15-6/h6,10H,1-5H2,(H2,9,11). The molecule has 96 valence electrons. The molecule has 1 saturated heterocycles. The Morgan fingerprint density at radius 1 is 1.53 bits per heavy atom. The lowest BCUT2D eigenvalue weighted by molar-refractivity contribution is 0.105. The highest BCUT2D eigenvalue weighted by molar-refractivity contribution is 7.91. The average Bonchev–Trinajstić information content (AvgIpc) is 2.89. The van der Waals surface area contributed by atoms with Crippen molar-refractivity contribution < 1.29 is 13.2 Å². The summed E-state index contributed by atoms with van der Waals surface area (Å²) in [5.74, 6) is 0. The lowest BCUT2D eigenvalue weighted by atomic mass is 10.2. The van der Waals surface area contributed by atoms with E-state index in [2.05, 4.69) is 14.9 Å². The maximum Gasteiger partial charge on any atom is 0.269 e. The molecule has 1 aliphatic rings. The van der Waals surface area contributed by atoms with Gasteiger partial charge in [-0.25, -0.2) is 13.1 Å². The molecular formula is C8H14N4O3S2. The minimum Gasteiger partial charge on any atom is -0.378 e. The van der Waals surface area contributed by atoms with Crippen LogP contribution in [0.3, 0.4) is 0 Å². The molecule has 9 heteroatoms. The van der Waals surface area contributed by atoms with Gasteiger partial charge >= 0.3 is 0 Å². The van der Waals surface area contributed by atoms with Gasteiger partial charge in [0.15, 0.2) is 0 Å². The zero-order valence-corrected chi connectivity index (χ0v) is 10.8. The normalized spacial score (nSPS) is 20.8. The summed E-state index contributed by atoms with van der Waals surface area (Å²) in [6, 6.07) is 0. The number of hydrogen-bond donors (Lipinski definition) is 2. The van der Waals surface area contributed by atoms with Crippen LogP contribution in [0.1, 0.15) is 19.3 Å². The Labute approximate surface area is 103 Å². The third-order valence-corrected chi connectivity index (χ3v) is 5.02. The monoisotopic (exact) mass is 278 g/mol. The van der Waals surface area contributed by atoms with Crippen LogP contribution in [-0.2, 0) is 14.8 Å². The van der Waals surface area contributed by atoms with Crippen molar-refractivity contribution in [3.63, 3.8) is 0 Å². The largest absolute Gasteiger partial charge is 0.378 e. The van der Waals surface area contributed by atoms with E-state index >= 15 is 0 Å². The Kier molecular flexibility index (Phi) is 3.92. The van der Waals surface area contributed by atoms with E-state index in [-0.39, 0.29) is 15.6 Å². The molecule has 0 radical (unpaired) electrons. The molecule has 1 unspecified atom stereocenters. The molecule has 7 nitrogen and oxygen atoms in total. The molecule has 1 aromatic rings. The smallest absolute Gasteiger partial charge is 0.269 e. The Morgan fingerprint density at radius 2 is 2.35 bits per heavy atom. The summed E-state index contributed by atoms with van der Waals surface area (Å²) in [5.41, 5.74) is 5.34. The van der Waals surface area contributed by atoms with Gasteiger partial charge in [-0.3, -0.25) is 0 Å². The van der Waals surface area contributed by atoms with E-state index in [0.717, 1.165) is 30.8 Å². The number of hydrogen-bond acceptors (Lipinski definition) is 7. The second-order valence-electron chi connectivity index (χ2n) is 3.73. The first-order valence-electron chi connectivity index (χ1n) is 5.28. The topological polar surface area (TPSA) is 107 Å². The first-order valence-corrected chi connectivity index (χ1v) is 7.58. The molecule has 0 aliphatic carbocycles. The fraction of sp³-hybridized carbons (Fsp3) is 0.750. The maximum atomic E-state index is 11.7. The molecule has 0 saturated carbocycles. The van der Waals surface area contributed by atoms with Crippen molar-refractivity contribution in [2.24, 2.45) is 0 Å². The van der Waals surface area contributed by atoms with Gasteiger partial charge in [0.25, 0.3) is 10.0 Å². The number of nitrogen functional groups attached to an aromatic ring is 1. The second-order valence-corrected chi connectivity index (χ2v) is 6.68. The van der Waals surface area contributed by atoms with Gasteiger partial charge in [0, 0.05) is 13.2 Å². The van der Waals surface area contributed by atoms with Crippen LogP contribution in [0.25, 0.3) is 0 Å². The Morgan fingerprint density at radius 3 is 2.94 bits per heavy atom. The van der Waals surface area contributed by atoms with Crippen molar-refractivity contribution in [1.82, 2.24) is 14.9 Å². The molecule has 0 amide bonds. The number of anilines is 1. The zero-order valence-electron chi connectivity index (χ0n) is 9.13. The van der Waals surface area contributed by atoms with E-state index < -0.39 is 10.0 Å². The van der Waals surface area contributed by atoms with Crippen LogP contribution in [0.2, 0.25) is 0 Å². The predicted molar refractivity (Wildman–Crippen MR) is 63.1 cm³/mol. The Bertz CT molecular complexity index is 467. The van der Waals surface area contributed by atoms with Crippen molar-refractivity contribution in [2.75, 3.05) is 18.9 Å². The molecule has 2 heterocycles. The average molecular weight is 278 g/mol. The summed E-state index contributed by atoms with van der Waals surface area (Å²) in [5, 5.41) is 7.11. The third kappa shape index (κ3) is 3.35. The van der Waals surface area contributed by atoms with Crippen LogP contribution in [0.4, 0.5) is 5.13 Å². The third-order valence-electron chi connectivity index (χ3n) is 2.43. The molecule has 0 aromatic carbocycles. The number of nitrogens with one attached hydrogen (secondary N) is 1. The van der Waals surface area contributed by atoms with Crippen molar-refractivity contribution in [3.8, 4) is 0 Å². The number of aromatic nitrogens is 2. The van der Waals surface area contributed by atoms with Gasteiger partial charge in [0.1, 0.15) is 0 Å². The molecule has 0 spiro atoms. The number of rotatable bonds is 5. The molecule has 1 aliphatic heterocycles. The molecule has 0 bridgehead atoms. The van der Waals surface area contributed by atoms with Gasteiger partial charge in [0.05, 0.1) is 6.10 Å². The van der Waals surface area contributed by atoms with E-state index in [1.54, 1.807) is 0 Å². The molecule has 1 aromatic heterocycles. The quantitative estimate of drug-likeness (QED) is 0.783. The number of ether oxygens (including phenoxy) is 1. The highest BCUT2D eigenvalue weighted by Crippen LogP contribution is 2.17. The highest BCUT2D eigenvalue weighted by Gasteiger charge is 2.21. The number of sulfonamides is 1. The van der Waals surface area contributed by atoms with Gasteiger partial charge < -0.3 is 10.5 Å². The SMILES string of the molecule is Nc1nnc(S(=O)(=O)NCCC2CCCO2)s1. The highest BCUT2D eigenvalue weighted by atomic mass is 32.2. The fourth-order valence-corrected chi connectivity index (χ4v) is 3.49. The molecule has 1 atom stereocenters. The molecule has 1 fully saturated rings. The number of nitrogens with zero attached hydrogens (tertiary/aromatic N) is 2. The summed E-state index contributed by atoms with van der Waals surface area (Å²) in [4.78, 5) is 0. The summed E-state index contributed by atoms with van der Waals surface area (Å²) in [6.45, 7) is 1.11. The van der Waals surface area contributed by atoms with Gasteiger partial charge in [-0.1, -0.05) is 11.3 Å². The maximum absolute atomic E-state index is 11.7. The molecule has 2 rings (SSSR count). The summed E-state index contributed by atoms with van der Waals surface area (Å²) < 4.78 is 31.2. The Balaban J connectivity index is 1.85. The zero-order chi connectivity index (χ0) is 12.3. The minimum absolute atomic E-state index is 0.0951. The fourth-order valence-electron chi connectivity index (χ4n) is 1.62. The van der Waals surface area contributed by atoms with Crippen LogP contribution in [-0.4, -0.2) is 37.9 Å². The summed E-state index contributed by atoms with van der Waals surface area (Å²) in [6.07, 6.45) is 2.88. The van der Waals surface area contributed by atoms with Crippen LogP contribution >= 0.6 is 11.3 Å². The molecule has 17 heavy (non-hydrogen) atoms. The predicted octanol–water partition coefficient (Wildman–Crippen LogP) is -0.0323. The lowest BCUT2D eigenvalue weighted by Crippen LogP contribution is -2.27. The van der Waals surface area contributed by atoms with E-state index in [1.165, 1.54) is 0 Å². The minimum atomic E-state index is -3.57. The van der Waals surface area contributed by atoms with Crippen LogP contribution in [0, 0.1) is 0 Å². The van der Waals surface area contributed by atoms with Gasteiger partial charge in [0.2, 0.25) is 9.47 Å². The second kappa shape index (κ2) is 5.25. The molecule has 3 N–H and O–H groups in total. The van der Waals surface area contributed by atoms with E-state index in [9.17, 15) is 8.42 Å². The van der Waals surface area contributed by atoms with Crippen molar-refractivity contribution in [1.29, 1.82) is 0 Å². The van der Waals surface area contributed by atoms with E-state index in [1.807, 2.05) is 0 Å². The van der Waals surface area contributed by atoms with Crippen LogP contribution in [0.15, 0.2) is 4.34 Å². The van der Waals surface area contributed by atoms with Crippen molar-refractivity contribution >= 4 is 26.5 Å². The van der Waals surface area contributed by atoms with Crippen LogP contribution in [0.5, 0.6) is 0 Å². The lowest BCUT2D eigenvalue weighted by Gasteiger charge is -2.08. The first-order chi connectivity index (χ1) is 8.08. The molecular weight excluding hydrogens is 264 g/mol. The van der Waals surface area contributed by atoms with Gasteiger partial charge in [-0.15, -0.1) is 10.2 Å². The van der Waals surface area contributed by atoms with E-state index in [0.29, 0.717) is 13.0 Å². The van der Waals surface area contributed by atoms with Gasteiger partial charge in [-0.05, 0) is 19.3 Å². The summed E-state index contributed by atoms with van der Waals surface area (Å²) in [7, 11) is -3.57. The van der Waals surface area contributed by atoms with E-state index in [4.69, 9.17) is 10.5 Å². The van der Waals surface area contributed by atoms with Crippen molar-refractivity contribution in [2.45, 2.75) is 29.7 Å². The van der Waals surface area contributed by atoms with Crippen LogP contribution < -0.4 is 10.5 Å². The van der Waals surface area contributed by atoms with Gasteiger partial charge in [-0.2, -0.15) is 0 Å².